The lowest BCUT2D eigenvalue weighted by atomic mass is 9.87. The van der Waals surface area contributed by atoms with Gasteiger partial charge in [0.15, 0.2) is 0 Å². The standard InChI is InChI=1S/C16H25N3/c1-2-4-16(14-5-7-17-8-6-14)15(3-1)13-19-11-9-18-10-12-19/h1-4,14,17-18H,5-13H2. The van der Waals surface area contributed by atoms with E-state index in [-0.39, 0.29) is 0 Å². The summed E-state index contributed by atoms with van der Waals surface area (Å²) in [5.41, 5.74) is 3.15. The molecule has 2 fully saturated rings. The maximum Gasteiger partial charge on any atom is 0.0237 e. The van der Waals surface area contributed by atoms with Crippen molar-refractivity contribution in [1.29, 1.82) is 0 Å². The van der Waals surface area contributed by atoms with Crippen LogP contribution in [-0.4, -0.2) is 44.2 Å². The molecule has 2 saturated heterocycles. The molecule has 1 aromatic carbocycles. The summed E-state index contributed by atoms with van der Waals surface area (Å²) in [6, 6.07) is 9.09. The summed E-state index contributed by atoms with van der Waals surface area (Å²) in [7, 11) is 0. The normalized spacial score (nSPS) is 22.5. The zero-order valence-electron chi connectivity index (χ0n) is 11.7. The number of benzene rings is 1. The van der Waals surface area contributed by atoms with E-state index in [1.165, 1.54) is 39.0 Å². The monoisotopic (exact) mass is 259 g/mol. The largest absolute Gasteiger partial charge is 0.317 e. The Bertz CT molecular complexity index is 393. The number of nitrogens with one attached hydrogen (secondary N) is 2. The third kappa shape index (κ3) is 3.35. The van der Waals surface area contributed by atoms with E-state index in [2.05, 4.69) is 39.8 Å². The first kappa shape index (κ1) is 13.1. The van der Waals surface area contributed by atoms with Crippen LogP contribution in [0.1, 0.15) is 29.9 Å². The van der Waals surface area contributed by atoms with Crippen LogP contribution in [0.2, 0.25) is 0 Å². The van der Waals surface area contributed by atoms with Crippen LogP contribution in [0.25, 0.3) is 0 Å². The maximum atomic E-state index is 3.47. The highest BCUT2D eigenvalue weighted by atomic mass is 15.2. The summed E-state index contributed by atoms with van der Waals surface area (Å²) in [4.78, 5) is 2.58. The van der Waals surface area contributed by atoms with Crippen LogP contribution in [0.3, 0.4) is 0 Å². The minimum atomic E-state index is 0.764. The molecule has 3 nitrogen and oxygen atoms in total. The van der Waals surface area contributed by atoms with Crippen molar-refractivity contribution in [2.45, 2.75) is 25.3 Å². The topological polar surface area (TPSA) is 27.3 Å². The average molecular weight is 259 g/mol. The molecule has 3 heteroatoms. The van der Waals surface area contributed by atoms with Gasteiger partial charge in [-0.15, -0.1) is 0 Å². The van der Waals surface area contributed by atoms with Crippen LogP contribution in [0.4, 0.5) is 0 Å². The van der Waals surface area contributed by atoms with Crippen molar-refractivity contribution >= 4 is 0 Å². The van der Waals surface area contributed by atoms with Crippen LogP contribution in [0, 0.1) is 0 Å². The minimum absolute atomic E-state index is 0.764. The second kappa shape index (κ2) is 6.51. The Morgan fingerprint density at radius 2 is 1.63 bits per heavy atom. The van der Waals surface area contributed by atoms with Gasteiger partial charge in [0.2, 0.25) is 0 Å². The van der Waals surface area contributed by atoms with E-state index in [1.54, 1.807) is 11.1 Å². The Hall–Kier alpha value is -0.900. The molecule has 0 saturated carbocycles. The first-order valence-corrected chi connectivity index (χ1v) is 7.65. The first-order chi connectivity index (χ1) is 9.43. The second-order valence-electron chi connectivity index (χ2n) is 5.75. The predicted molar refractivity (Wildman–Crippen MR) is 79.4 cm³/mol. The Labute approximate surface area is 116 Å². The van der Waals surface area contributed by atoms with Crippen LogP contribution >= 0.6 is 0 Å². The summed E-state index contributed by atoms with van der Waals surface area (Å²) < 4.78 is 0. The smallest absolute Gasteiger partial charge is 0.0237 e. The number of hydrogen-bond donors (Lipinski definition) is 2. The van der Waals surface area contributed by atoms with Gasteiger partial charge in [-0.25, -0.2) is 0 Å². The number of hydrogen-bond acceptors (Lipinski definition) is 3. The molecular formula is C16H25N3. The van der Waals surface area contributed by atoms with Crippen LogP contribution in [0.5, 0.6) is 0 Å². The fraction of sp³-hybridized carbons (Fsp3) is 0.625. The van der Waals surface area contributed by atoms with Crippen molar-refractivity contribution in [2.75, 3.05) is 39.3 Å². The zero-order chi connectivity index (χ0) is 12.9. The van der Waals surface area contributed by atoms with Crippen LogP contribution < -0.4 is 10.6 Å². The lowest BCUT2D eigenvalue weighted by Gasteiger charge is -2.30. The van der Waals surface area contributed by atoms with E-state index >= 15 is 0 Å². The molecule has 19 heavy (non-hydrogen) atoms. The van der Waals surface area contributed by atoms with Crippen LogP contribution in [0.15, 0.2) is 24.3 Å². The Kier molecular flexibility index (Phi) is 4.49. The Morgan fingerprint density at radius 3 is 2.42 bits per heavy atom. The molecule has 2 heterocycles. The molecule has 2 N–H and O–H groups in total. The highest BCUT2D eigenvalue weighted by Gasteiger charge is 2.19. The quantitative estimate of drug-likeness (QED) is 0.862. The molecule has 3 rings (SSSR count). The Balaban J connectivity index is 1.72. The molecule has 0 bridgehead atoms. The summed E-state index contributed by atoms with van der Waals surface area (Å²) in [6.07, 6.45) is 2.58. The number of piperidine rings is 1. The fourth-order valence-electron chi connectivity index (χ4n) is 3.32. The molecule has 0 atom stereocenters. The van der Waals surface area contributed by atoms with E-state index in [1.807, 2.05) is 0 Å². The third-order valence-corrected chi connectivity index (χ3v) is 4.44. The van der Waals surface area contributed by atoms with Gasteiger partial charge in [-0.3, -0.25) is 4.90 Å². The van der Waals surface area contributed by atoms with Gasteiger partial charge in [-0.1, -0.05) is 24.3 Å². The van der Waals surface area contributed by atoms with Crippen molar-refractivity contribution in [1.82, 2.24) is 15.5 Å². The van der Waals surface area contributed by atoms with Crippen LogP contribution in [-0.2, 0) is 6.54 Å². The van der Waals surface area contributed by atoms with Crippen molar-refractivity contribution < 1.29 is 0 Å². The SMILES string of the molecule is c1ccc(C2CCNCC2)c(CN2CCNCC2)c1. The molecule has 2 aliphatic rings. The van der Waals surface area contributed by atoms with Gasteiger partial charge in [0, 0.05) is 32.7 Å². The van der Waals surface area contributed by atoms with E-state index in [9.17, 15) is 0 Å². The second-order valence-corrected chi connectivity index (χ2v) is 5.75. The minimum Gasteiger partial charge on any atom is -0.317 e. The molecule has 2 aliphatic heterocycles. The zero-order valence-corrected chi connectivity index (χ0v) is 11.7. The van der Waals surface area contributed by atoms with E-state index in [0.717, 1.165) is 25.6 Å². The van der Waals surface area contributed by atoms with E-state index < -0.39 is 0 Å². The number of nitrogens with zero attached hydrogens (tertiary/aromatic N) is 1. The molecule has 104 valence electrons. The van der Waals surface area contributed by atoms with Crippen molar-refractivity contribution in [3.05, 3.63) is 35.4 Å². The highest BCUT2D eigenvalue weighted by Crippen LogP contribution is 2.28. The number of rotatable bonds is 3. The van der Waals surface area contributed by atoms with Gasteiger partial charge < -0.3 is 10.6 Å². The summed E-state index contributed by atoms with van der Waals surface area (Å²) >= 11 is 0. The van der Waals surface area contributed by atoms with Gasteiger partial charge in [-0.05, 0) is 43.0 Å². The first-order valence-electron chi connectivity index (χ1n) is 7.65. The predicted octanol–water partition coefficient (Wildman–Crippen LogP) is 1.56. The molecule has 0 aromatic heterocycles. The van der Waals surface area contributed by atoms with Gasteiger partial charge in [-0.2, -0.15) is 0 Å². The summed E-state index contributed by atoms with van der Waals surface area (Å²) in [5, 5.41) is 6.90. The summed E-state index contributed by atoms with van der Waals surface area (Å²) in [6.45, 7) is 8.10. The third-order valence-electron chi connectivity index (χ3n) is 4.44. The van der Waals surface area contributed by atoms with Gasteiger partial charge >= 0.3 is 0 Å². The lowest BCUT2D eigenvalue weighted by Crippen LogP contribution is -2.43. The van der Waals surface area contributed by atoms with Crippen molar-refractivity contribution in [2.24, 2.45) is 0 Å². The maximum absolute atomic E-state index is 3.47. The van der Waals surface area contributed by atoms with Crippen molar-refractivity contribution in [3.63, 3.8) is 0 Å². The summed E-state index contributed by atoms with van der Waals surface area (Å²) in [5.74, 6) is 0.764. The molecule has 0 radical (unpaired) electrons. The number of piperazine rings is 1. The molecule has 0 unspecified atom stereocenters. The molecule has 0 spiro atoms. The van der Waals surface area contributed by atoms with E-state index in [4.69, 9.17) is 0 Å². The molecule has 0 aliphatic carbocycles. The average Bonchev–Trinajstić information content (AvgIpc) is 2.50. The molecular weight excluding hydrogens is 234 g/mol. The lowest BCUT2D eigenvalue weighted by molar-refractivity contribution is 0.232. The van der Waals surface area contributed by atoms with Gasteiger partial charge in [0.1, 0.15) is 0 Å². The van der Waals surface area contributed by atoms with E-state index in [0.29, 0.717) is 0 Å². The fourth-order valence-corrected chi connectivity index (χ4v) is 3.32. The van der Waals surface area contributed by atoms with Gasteiger partial charge in [0.05, 0.1) is 0 Å². The Morgan fingerprint density at radius 1 is 0.947 bits per heavy atom. The van der Waals surface area contributed by atoms with Crippen molar-refractivity contribution in [3.8, 4) is 0 Å². The molecule has 0 amide bonds. The highest BCUT2D eigenvalue weighted by molar-refractivity contribution is 5.31. The molecule has 1 aromatic rings. The van der Waals surface area contributed by atoms with Gasteiger partial charge in [0.25, 0.3) is 0 Å².